The molecular formula is C13H21NO. The van der Waals surface area contributed by atoms with Crippen molar-refractivity contribution in [2.24, 2.45) is 0 Å². The van der Waals surface area contributed by atoms with Gasteiger partial charge in [-0.2, -0.15) is 0 Å². The molecule has 0 bridgehead atoms. The maximum absolute atomic E-state index is 11.2. The number of benzene rings is 1. The zero-order chi connectivity index (χ0) is 11.7. The van der Waals surface area contributed by atoms with Gasteiger partial charge in [0.2, 0.25) is 0 Å². The van der Waals surface area contributed by atoms with Gasteiger partial charge in [0.1, 0.15) is 0 Å². The summed E-state index contributed by atoms with van der Waals surface area (Å²) in [6.07, 6.45) is 0.622. The van der Waals surface area contributed by atoms with Gasteiger partial charge in [-0.15, -0.1) is 0 Å². The smallest absolute Gasteiger partial charge is 0.166 e. The molecule has 2 nitrogen and oxygen atoms in total. The van der Waals surface area contributed by atoms with Gasteiger partial charge in [-0.25, -0.2) is 0 Å². The van der Waals surface area contributed by atoms with Crippen LogP contribution in [0.5, 0.6) is 0 Å². The van der Waals surface area contributed by atoms with Gasteiger partial charge in [-0.1, -0.05) is 39.8 Å². The van der Waals surface area contributed by atoms with E-state index in [-0.39, 0.29) is 5.78 Å². The molecule has 0 radical (unpaired) electrons. The molecule has 2 heteroatoms. The zero-order valence-corrected chi connectivity index (χ0v) is 10.1. The SMILES string of the molecule is CC.CC.O=C1CCNc2ccccc21. The second kappa shape index (κ2) is 8.04. The van der Waals surface area contributed by atoms with Crippen LogP contribution in [0.3, 0.4) is 0 Å². The molecule has 0 spiro atoms. The molecule has 0 aliphatic carbocycles. The first-order chi connectivity index (χ1) is 7.38. The van der Waals surface area contributed by atoms with Crippen molar-refractivity contribution in [3.05, 3.63) is 29.8 Å². The molecule has 0 atom stereocenters. The highest BCUT2D eigenvalue weighted by atomic mass is 16.1. The number of anilines is 1. The van der Waals surface area contributed by atoms with E-state index < -0.39 is 0 Å². The first kappa shape index (κ1) is 13.7. The van der Waals surface area contributed by atoms with Crippen molar-refractivity contribution in [1.82, 2.24) is 0 Å². The lowest BCUT2D eigenvalue weighted by molar-refractivity contribution is 0.0984. The van der Waals surface area contributed by atoms with Crippen molar-refractivity contribution in [3.63, 3.8) is 0 Å². The fourth-order valence-corrected chi connectivity index (χ4v) is 1.33. The Morgan fingerprint density at radius 1 is 1.07 bits per heavy atom. The van der Waals surface area contributed by atoms with E-state index in [1.54, 1.807) is 0 Å². The average molecular weight is 207 g/mol. The molecule has 15 heavy (non-hydrogen) atoms. The number of Topliss-reactive ketones (excluding diaryl/α,β-unsaturated/α-hetero) is 1. The van der Waals surface area contributed by atoms with Gasteiger partial charge in [0.15, 0.2) is 5.78 Å². The number of rotatable bonds is 0. The lowest BCUT2D eigenvalue weighted by Gasteiger charge is -2.15. The van der Waals surface area contributed by atoms with Crippen LogP contribution in [0.4, 0.5) is 5.69 Å². The van der Waals surface area contributed by atoms with E-state index in [4.69, 9.17) is 0 Å². The van der Waals surface area contributed by atoms with E-state index in [1.165, 1.54) is 0 Å². The minimum Gasteiger partial charge on any atom is -0.384 e. The van der Waals surface area contributed by atoms with Crippen molar-refractivity contribution in [2.75, 3.05) is 11.9 Å². The summed E-state index contributed by atoms with van der Waals surface area (Å²) in [5, 5.41) is 3.17. The molecule has 0 fully saturated rings. The topological polar surface area (TPSA) is 29.1 Å². The summed E-state index contributed by atoms with van der Waals surface area (Å²) in [5.74, 6) is 0.249. The molecule has 0 amide bonds. The minimum atomic E-state index is 0.249. The highest BCUT2D eigenvalue weighted by Gasteiger charge is 2.14. The Bertz CT molecular complexity index is 294. The number of nitrogens with one attached hydrogen (secondary N) is 1. The third kappa shape index (κ3) is 3.74. The number of hydrogen-bond acceptors (Lipinski definition) is 2. The minimum absolute atomic E-state index is 0.249. The third-order valence-corrected chi connectivity index (χ3v) is 1.89. The molecule has 1 aliphatic heterocycles. The second-order valence-corrected chi connectivity index (χ2v) is 2.65. The highest BCUT2D eigenvalue weighted by molar-refractivity contribution is 6.02. The molecule has 1 heterocycles. The zero-order valence-electron chi connectivity index (χ0n) is 10.1. The predicted octanol–water partition coefficient (Wildman–Crippen LogP) is 3.74. The van der Waals surface area contributed by atoms with E-state index in [0.717, 1.165) is 17.8 Å². The molecule has 0 aromatic heterocycles. The van der Waals surface area contributed by atoms with Gasteiger partial charge < -0.3 is 5.32 Å². The quantitative estimate of drug-likeness (QED) is 0.702. The summed E-state index contributed by atoms with van der Waals surface area (Å²) in [4.78, 5) is 11.2. The maximum atomic E-state index is 11.2. The van der Waals surface area contributed by atoms with Crippen molar-refractivity contribution < 1.29 is 4.79 Å². The van der Waals surface area contributed by atoms with Crippen LogP contribution in [0.25, 0.3) is 0 Å². The Labute approximate surface area is 92.7 Å². The number of carbonyl (C=O) groups excluding carboxylic acids is 1. The Morgan fingerprint density at radius 3 is 2.27 bits per heavy atom. The molecular weight excluding hydrogens is 186 g/mol. The summed E-state index contributed by atoms with van der Waals surface area (Å²) in [6, 6.07) is 7.63. The van der Waals surface area contributed by atoms with Gasteiger partial charge in [0, 0.05) is 24.2 Å². The van der Waals surface area contributed by atoms with Gasteiger partial charge in [0.25, 0.3) is 0 Å². The van der Waals surface area contributed by atoms with Crippen molar-refractivity contribution in [1.29, 1.82) is 0 Å². The summed E-state index contributed by atoms with van der Waals surface area (Å²) < 4.78 is 0. The van der Waals surface area contributed by atoms with Gasteiger partial charge in [0.05, 0.1) is 0 Å². The third-order valence-electron chi connectivity index (χ3n) is 1.89. The van der Waals surface area contributed by atoms with Crippen molar-refractivity contribution in [3.8, 4) is 0 Å². The largest absolute Gasteiger partial charge is 0.384 e. The molecule has 2 rings (SSSR count). The Kier molecular flexibility index (Phi) is 7.33. The highest BCUT2D eigenvalue weighted by Crippen LogP contribution is 2.20. The van der Waals surface area contributed by atoms with Crippen LogP contribution in [0, 0.1) is 0 Å². The normalized spacial score (nSPS) is 12.1. The van der Waals surface area contributed by atoms with E-state index in [2.05, 4.69) is 5.32 Å². The first-order valence-corrected chi connectivity index (χ1v) is 5.74. The van der Waals surface area contributed by atoms with Crippen LogP contribution >= 0.6 is 0 Å². The summed E-state index contributed by atoms with van der Waals surface area (Å²) in [6.45, 7) is 8.77. The fourth-order valence-electron chi connectivity index (χ4n) is 1.33. The molecule has 0 unspecified atom stereocenters. The lowest BCUT2D eigenvalue weighted by atomic mass is 10.0. The average Bonchev–Trinajstić information content (AvgIpc) is 2.35. The lowest BCUT2D eigenvalue weighted by Crippen LogP contribution is -2.17. The number of para-hydroxylation sites is 1. The summed E-state index contributed by atoms with van der Waals surface area (Å²) >= 11 is 0. The number of ketones is 1. The van der Waals surface area contributed by atoms with E-state index in [1.807, 2.05) is 52.0 Å². The van der Waals surface area contributed by atoms with Crippen LogP contribution in [0.1, 0.15) is 44.5 Å². The van der Waals surface area contributed by atoms with Crippen molar-refractivity contribution >= 4 is 11.5 Å². The molecule has 1 aromatic carbocycles. The molecule has 84 valence electrons. The predicted molar refractivity (Wildman–Crippen MR) is 66.6 cm³/mol. The van der Waals surface area contributed by atoms with Crippen LogP contribution in [0.15, 0.2) is 24.3 Å². The van der Waals surface area contributed by atoms with Crippen LogP contribution in [-0.4, -0.2) is 12.3 Å². The van der Waals surface area contributed by atoms with Crippen LogP contribution in [-0.2, 0) is 0 Å². The Balaban J connectivity index is 0.000000442. The maximum Gasteiger partial charge on any atom is 0.166 e. The van der Waals surface area contributed by atoms with Crippen molar-refractivity contribution in [2.45, 2.75) is 34.1 Å². The number of carbonyl (C=O) groups is 1. The molecule has 1 aromatic rings. The molecule has 1 aliphatic rings. The number of hydrogen-bond donors (Lipinski definition) is 1. The van der Waals surface area contributed by atoms with Gasteiger partial charge >= 0.3 is 0 Å². The van der Waals surface area contributed by atoms with E-state index in [9.17, 15) is 4.79 Å². The molecule has 0 saturated carbocycles. The van der Waals surface area contributed by atoms with Crippen LogP contribution < -0.4 is 5.32 Å². The van der Waals surface area contributed by atoms with Gasteiger partial charge in [-0.3, -0.25) is 4.79 Å². The van der Waals surface area contributed by atoms with Crippen LogP contribution in [0.2, 0.25) is 0 Å². The first-order valence-electron chi connectivity index (χ1n) is 5.74. The van der Waals surface area contributed by atoms with Gasteiger partial charge in [-0.05, 0) is 12.1 Å². The second-order valence-electron chi connectivity index (χ2n) is 2.65. The Morgan fingerprint density at radius 2 is 1.67 bits per heavy atom. The molecule has 0 saturated heterocycles. The summed E-state index contributed by atoms with van der Waals surface area (Å²) in [5.41, 5.74) is 1.81. The molecule has 1 N–H and O–H groups in total. The van der Waals surface area contributed by atoms with E-state index in [0.29, 0.717) is 6.42 Å². The Hall–Kier alpha value is -1.31. The number of fused-ring (bicyclic) bond motifs is 1. The standard InChI is InChI=1S/C9H9NO.2C2H6/c11-9-5-6-10-8-4-2-1-3-7(8)9;2*1-2/h1-4,10H,5-6H2;2*1-2H3. The summed E-state index contributed by atoms with van der Waals surface area (Å²) in [7, 11) is 0. The monoisotopic (exact) mass is 207 g/mol. The fraction of sp³-hybridized carbons (Fsp3) is 0.462. The van der Waals surface area contributed by atoms with E-state index >= 15 is 0 Å².